The van der Waals surface area contributed by atoms with Crippen LogP contribution in [-0.4, -0.2) is 77.3 Å². The number of nitrogens with zero attached hydrogens (tertiary/aromatic N) is 4. The summed E-state index contributed by atoms with van der Waals surface area (Å²) < 4.78 is 7.25. The van der Waals surface area contributed by atoms with Crippen molar-refractivity contribution in [2.24, 2.45) is 5.92 Å². The van der Waals surface area contributed by atoms with Crippen molar-refractivity contribution in [2.45, 2.75) is 25.9 Å². The number of ether oxygens (including phenoxy) is 1. The van der Waals surface area contributed by atoms with Gasteiger partial charge in [0.1, 0.15) is 0 Å². The van der Waals surface area contributed by atoms with Gasteiger partial charge in [0, 0.05) is 57.4 Å². The number of hydrogen-bond acceptors (Lipinski definition) is 5. The van der Waals surface area contributed by atoms with E-state index in [-0.39, 0.29) is 17.7 Å². The van der Waals surface area contributed by atoms with E-state index < -0.39 is 0 Å². The van der Waals surface area contributed by atoms with Crippen LogP contribution in [0.15, 0.2) is 42.7 Å². The van der Waals surface area contributed by atoms with E-state index in [4.69, 9.17) is 4.74 Å². The van der Waals surface area contributed by atoms with Crippen LogP contribution in [0.25, 0.3) is 0 Å². The van der Waals surface area contributed by atoms with Gasteiger partial charge < -0.3 is 15.0 Å². The van der Waals surface area contributed by atoms with Gasteiger partial charge in [0.05, 0.1) is 31.9 Å². The molecule has 8 nitrogen and oxygen atoms in total. The molecule has 1 atom stereocenters. The smallest absolute Gasteiger partial charge is 0.225 e. The summed E-state index contributed by atoms with van der Waals surface area (Å²) in [6.07, 6.45) is 4.82. The van der Waals surface area contributed by atoms with Crippen LogP contribution >= 0.6 is 0 Å². The van der Waals surface area contributed by atoms with E-state index in [9.17, 15) is 9.59 Å². The summed E-state index contributed by atoms with van der Waals surface area (Å²) >= 11 is 0. The van der Waals surface area contributed by atoms with Crippen LogP contribution in [0.3, 0.4) is 0 Å². The molecule has 1 aromatic heterocycles. The molecular formula is C23H31N5O3. The molecule has 0 saturated carbocycles. The first-order valence-corrected chi connectivity index (χ1v) is 11.1. The molecule has 2 aliphatic heterocycles. The number of amides is 2. The van der Waals surface area contributed by atoms with Gasteiger partial charge in [-0.25, -0.2) is 0 Å². The molecule has 2 saturated heterocycles. The van der Waals surface area contributed by atoms with Crippen LogP contribution in [0.1, 0.15) is 24.0 Å². The first-order valence-electron chi connectivity index (χ1n) is 11.1. The molecule has 2 aliphatic rings. The van der Waals surface area contributed by atoms with Gasteiger partial charge in [0.15, 0.2) is 0 Å². The average molecular weight is 426 g/mol. The molecule has 0 aliphatic carbocycles. The molecule has 2 aromatic rings. The molecule has 2 fully saturated rings. The first-order chi connectivity index (χ1) is 15.2. The summed E-state index contributed by atoms with van der Waals surface area (Å²) in [4.78, 5) is 29.2. The number of aromatic nitrogens is 2. The number of piperidine rings is 1. The highest BCUT2D eigenvalue weighted by Crippen LogP contribution is 2.18. The maximum absolute atomic E-state index is 12.7. The van der Waals surface area contributed by atoms with E-state index in [1.165, 1.54) is 5.56 Å². The van der Waals surface area contributed by atoms with Crippen LogP contribution in [0.5, 0.6) is 0 Å². The van der Waals surface area contributed by atoms with Crippen molar-refractivity contribution in [3.63, 3.8) is 0 Å². The highest BCUT2D eigenvalue weighted by atomic mass is 16.5. The molecule has 0 bridgehead atoms. The van der Waals surface area contributed by atoms with Crippen LogP contribution in [-0.2, 0) is 27.4 Å². The van der Waals surface area contributed by atoms with Gasteiger partial charge in [-0.3, -0.25) is 19.2 Å². The zero-order chi connectivity index (χ0) is 21.5. The summed E-state index contributed by atoms with van der Waals surface area (Å²) in [5.41, 5.74) is 2.16. The Morgan fingerprint density at radius 1 is 1.13 bits per heavy atom. The van der Waals surface area contributed by atoms with Gasteiger partial charge >= 0.3 is 0 Å². The molecule has 0 spiro atoms. The maximum Gasteiger partial charge on any atom is 0.225 e. The van der Waals surface area contributed by atoms with Crippen molar-refractivity contribution >= 4 is 11.8 Å². The summed E-state index contributed by atoms with van der Waals surface area (Å²) in [7, 11) is 0. The minimum Gasteiger partial charge on any atom is -0.379 e. The lowest BCUT2D eigenvalue weighted by atomic mass is 9.96. The zero-order valence-corrected chi connectivity index (χ0v) is 17.9. The van der Waals surface area contributed by atoms with Gasteiger partial charge in [-0.05, 0) is 12.0 Å². The summed E-state index contributed by atoms with van der Waals surface area (Å²) in [5.74, 6) is 0.0148. The van der Waals surface area contributed by atoms with Crippen molar-refractivity contribution in [3.8, 4) is 0 Å². The summed E-state index contributed by atoms with van der Waals surface area (Å²) in [6, 6.07) is 10.2. The Kier molecular flexibility index (Phi) is 7.32. The fourth-order valence-corrected chi connectivity index (χ4v) is 4.12. The Hall–Kier alpha value is -2.71. The number of benzene rings is 1. The lowest BCUT2D eigenvalue weighted by Crippen LogP contribution is -2.49. The molecule has 166 valence electrons. The Morgan fingerprint density at radius 2 is 1.94 bits per heavy atom. The van der Waals surface area contributed by atoms with Crippen molar-refractivity contribution in [1.29, 1.82) is 0 Å². The minimum atomic E-state index is -0.151. The number of likely N-dealkylation sites (tertiary alicyclic amines) is 1. The third-order valence-corrected chi connectivity index (χ3v) is 6.00. The largest absolute Gasteiger partial charge is 0.379 e. The summed E-state index contributed by atoms with van der Waals surface area (Å²) in [6.45, 7) is 6.49. The third-order valence-electron chi connectivity index (χ3n) is 6.00. The number of rotatable bonds is 8. The Bertz CT molecular complexity index is 863. The van der Waals surface area contributed by atoms with Crippen molar-refractivity contribution < 1.29 is 14.3 Å². The standard InChI is InChI=1S/C23H31N5O3/c29-22-7-6-21(18-27(22)9-8-26-10-12-31-13-11-26)23(30)24-14-20-15-25-28(17-20)16-19-4-2-1-3-5-19/h1-5,15,17,21H,6-14,16,18H2,(H,24,30)/t21-/m1/s1. The first kappa shape index (κ1) is 21.5. The third kappa shape index (κ3) is 6.15. The molecule has 0 unspecified atom stereocenters. The fourth-order valence-electron chi connectivity index (χ4n) is 4.12. The number of hydrogen-bond donors (Lipinski definition) is 1. The van der Waals surface area contributed by atoms with E-state index in [0.29, 0.717) is 39.0 Å². The van der Waals surface area contributed by atoms with Crippen LogP contribution in [0.4, 0.5) is 0 Å². The van der Waals surface area contributed by atoms with Crippen LogP contribution < -0.4 is 5.32 Å². The number of morpholine rings is 1. The van der Waals surface area contributed by atoms with E-state index in [0.717, 1.165) is 38.4 Å². The van der Waals surface area contributed by atoms with Crippen LogP contribution in [0.2, 0.25) is 0 Å². The lowest BCUT2D eigenvalue weighted by Gasteiger charge is -2.34. The van der Waals surface area contributed by atoms with Crippen molar-refractivity contribution in [1.82, 2.24) is 24.9 Å². The van der Waals surface area contributed by atoms with Crippen molar-refractivity contribution in [2.75, 3.05) is 45.9 Å². The lowest BCUT2D eigenvalue weighted by molar-refractivity contribution is -0.138. The Morgan fingerprint density at radius 3 is 2.74 bits per heavy atom. The second-order valence-electron chi connectivity index (χ2n) is 8.28. The fraction of sp³-hybridized carbons (Fsp3) is 0.522. The monoisotopic (exact) mass is 425 g/mol. The topological polar surface area (TPSA) is 79.7 Å². The van der Waals surface area contributed by atoms with Gasteiger partial charge in [-0.1, -0.05) is 30.3 Å². The molecule has 31 heavy (non-hydrogen) atoms. The number of carbonyl (C=O) groups is 2. The Labute approximate surface area is 183 Å². The predicted molar refractivity (Wildman–Crippen MR) is 116 cm³/mol. The van der Waals surface area contributed by atoms with E-state index in [1.54, 1.807) is 6.20 Å². The number of carbonyl (C=O) groups excluding carboxylic acids is 2. The van der Waals surface area contributed by atoms with E-state index >= 15 is 0 Å². The van der Waals surface area contributed by atoms with E-state index in [2.05, 4.69) is 27.4 Å². The second kappa shape index (κ2) is 10.5. The second-order valence-corrected chi connectivity index (χ2v) is 8.28. The summed E-state index contributed by atoms with van der Waals surface area (Å²) in [5, 5.41) is 7.42. The van der Waals surface area contributed by atoms with Crippen molar-refractivity contribution in [3.05, 3.63) is 53.9 Å². The molecule has 1 aromatic carbocycles. The highest BCUT2D eigenvalue weighted by molar-refractivity contribution is 5.83. The molecule has 3 heterocycles. The zero-order valence-electron chi connectivity index (χ0n) is 17.9. The molecule has 4 rings (SSSR count). The van der Waals surface area contributed by atoms with Gasteiger partial charge in [0.25, 0.3) is 0 Å². The van der Waals surface area contributed by atoms with Gasteiger partial charge in [-0.2, -0.15) is 5.10 Å². The Balaban J connectivity index is 1.23. The normalized spacial score (nSPS) is 20.1. The molecule has 0 radical (unpaired) electrons. The quantitative estimate of drug-likeness (QED) is 0.686. The van der Waals surface area contributed by atoms with E-state index in [1.807, 2.05) is 34.0 Å². The molecule has 2 amide bonds. The molecule has 1 N–H and O–H groups in total. The SMILES string of the molecule is O=C(NCc1cnn(Cc2ccccc2)c1)[C@@H]1CCC(=O)N(CCN2CCOCC2)C1. The predicted octanol–water partition coefficient (Wildman–Crippen LogP) is 1.12. The maximum atomic E-state index is 12.7. The average Bonchev–Trinajstić information content (AvgIpc) is 3.25. The molecular weight excluding hydrogens is 394 g/mol. The minimum absolute atomic E-state index is 0.0136. The highest BCUT2D eigenvalue weighted by Gasteiger charge is 2.30. The van der Waals surface area contributed by atoms with Crippen LogP contribution in [0, 0.1) is 5.92 Å². The van der Waals surface area contributed by atoms with Gasteiger partial charge in [0.2, 0.25) is 11.8 Å². The number of nitrogens with one attached hydrogen (secondary N) is 1. The molecule has 8 heteroatoms. The van der Waals surface area contributed by atoms with Gasteiger partial charge in [-0.15, -0.1) is 0 Å².